The Kier molecular flexibility index (Phi) is 6.23. The first kappa shape index (κ1) is 24.3. The van der Waals surface area contributed by atoms with E-state index in [1.54, 1.807) is 40.7 Å². The zero-order valence-electron chi connectivity index (χ0n) is 21.2. The Morgan fingerprint density at radius 2 is 1.92 bits per heavy atom. The van der Waals surface area contributed by atoms with Gasteiger partial charge < -0.3 is 11.1 Å². The average molecular weight is 530 g/mol. The molecule has 39 heavy (non-hydrogen) atoms. The van der Waals surface area contributed by atoms with Crippen LogP contribution in [0, 0.1) is 11.8 Å². The van der Waals surface area contributed by atoms with E-state index in [0.29, 0.717) is 5.52 Å². The van der Waals surface area contributed by atoms with Crippen LogP contribution in [0.2, 0.25) is 0 Å². The van der Waals surface area contributed by atoms with Crippen molar-refractivity contribution in [3.05, 3.63) is 101 Å². The first-order valence-corrected chi connectivity index (χ1v) is 13.1. The van der Waals surface area contributed by atoms with E-state index in [2.05, 4.69) is 38.3 Å². The number of hydrogen-bond acceptors (Lipinski definition) is 7. The standard InChI is InChI=1S/C30H23N7OS/c1-18(35-30(38)25-28-21(9-6-12-32-28)15-33-29(25)31)23-13-24-27(36-26(23)20-7-4-3-5-8-20)22(17-39-24)11-10-19-14-34-37(2)16-19/h3-9,12-18H,1-2H3,(H2,31,33)(H,35,38)/t18-/m1/s1. The number of benzene rings is 1. The van der Waals surface area contributed by atoms with Crippen molar-refractivity contribution in [1.82, 2.24) is 30.0 Å². The molecule has 1 atom stereocenters. The van der Waals surface area contributed by atoms with E-state index in [4.69, 9.17) is 10.7 Å². The minimum Gasteiger partial charge on any atom is -0.383 e. The fraction of sp³-hybridized carbons (Fsp3) is 0.100. The van der Waals surface area contributed by atoms with Gasteiger partial charge in [-0.05, 0) is 25.1 Å². The molecular weight excluding hydrogens is 506 g/mol. The van der Waals surface area contributed by atoms with Crippen LogP contribution in [0.3, 0.4) is 0 Å². The summed E-state index contributed by atoms with van der Waals surface area (Å²) < 4.78 is 2.70. The van der Waals surface area contributed by atoms with Crippen LogP contribution < -0.4 is 11.1 Å². The largest absolute Gasteiger partial charge is 0.383 e. The Labute approximate surface area is 228 Å². The van der Waals surface area contributed by atoms with E-state index in [-0.39, 0.29) is 23.3 Å². The number of amides is 1. The van der Waals surface area contributed by atoms with Crippen molar-refractivity contribution in [2.75, 3.05) is 5.73 Å². The van der Waals surface area contributed by atoms with Crippen LogP contribution in [-0.2, 0) is 7.05 Å². The zero-order chi connectivity index (χ0) is 26.9. The van der Waals surface area contributed by atoms with Crippen LogP contribution in [-0.4, -0.2) is 30.6 Å². The number of carbonyl (C=O) groups is 1. The third kappa shape index (κ3) is 4.69. The van der Waals surface area contributed by atoms with Gasteiger partial charge in [0.2, 0.25) is 0 Å². The van der Waals surface area contributed by atoms with Crippen molar-refractivity contribution in [3.63, 3.8) is 0 Å². The Bertz CT molecular complexity index is 1910. The molecule has 8 nitrogen and oxygen atoms in total. The maximum atomic E-state index is 13.5. The van der Waals surface area contributed by atoms with Crippen molar-refractivity contribution in [2.24, 2.45) is 7.05 Å². The molecular formula is C30H23N7OS. The molecule has 1 aromatic carbocycles. The summed E-state index contributed by atoms with van der Waals surface area (Å²) in [6.45, 7) is 1.94. The number of aryl methyl sites for hydroxylation is 1. The third-order valence-electron chi connectivity index (χ3n) is 6.39. The molecule has 0 radical (unpaired) electrons. The highest BCUT2D eigenvalue weighted by Crippen LogP contribution is 2.34. The number of rotatable bonds is 4. The summed E-state index contributed by atoms with van der Waals surface area (Å²) in [4.78, 5) is 27.2. The van der Waals surface area contributed by atoms with Gasteiger partial charge in [0.25, 0.3) is 5.91 Å². The molecule has 5 heterocycles. The number of thiophene rings is 1. The van der Waals surface area contributed by atoms with Gasteiger partial charge in [0.05, 0.1) is 44.8 Å². The highest BCUT2D eigenvalue weighted by atomic mass is 32.1. The lowest BCUT2D eigenvalue weighted by molar-refractivity contribution is 0.0942. The Morgan fingerprint density at radius 1 is 1.08 bits per heavy atom. The molecule has 9 heteroatoms. The summed E-state index contributed by atoms with van der Waals surface area (Å²) >= 11 is 1.57. The van der Waals surface area contributed by atoms with Crippen LogP contribution in [0.15, 0.2) is 78.7 Å². The fourth-order valence-electron chi connectivity index (χ4n) is 4.47. The van der Waals surface area contributed by atoms with Gasteiger partial charge in [-0.25, -0.2) is 9.97 Å². The van der Waals surface area contributed by atoms with Crippen molar-refractivity contribution < 1.29 is 4.79 Å². The van der Waals surface area contributed by atoms with Gasteiger partial charge in [0.1, 0.15) is 11.4 Å². The minimum atomic E-state index is -0.380. The number of hydrogen-bond donors (Lipinski definition) is 2. The lowest BCUT2D eigenvalue weighted by atomic mass is 9.99. The molecule has 5 aromatic heterocycles. The topological polar surface area (TPSA) is 112 Å². The number of nitrogens with two attached hydrogens (primary N) is 1. The number of fused-ring (bicyclic) bond motifs is 2. The third-order valence-corrected chi connectivity index (χ3v) is 7.30. The normalized spacial score (nSPS) is 11.7. The molecule has 0 aliphatic carbocycles. The molecule has 6 rings (SSSR count). The Hall–Kier alpha value is -5.07. The highest BCUT2D eigenvalue weighted by Gasteiger charge is 2.22. The quantitative estimate of drug-likeness (QED) is 0.307. The van der Waals surface area contributed by atoms with E-state index in [1.807, 2.05) is 61.9 Å². The van der Waals surface area contributed by atoms with Crippen LogP contribution in [0.1, 0.15) is 40.0 Å². The van der Waals surface area contributed by atoms with Gasteiger partial charge in [0.15, 0.2) is 0 Å². The number of anilines is 1. The van der Waals surface area contributed by atoms with Crippen molar-refractivity contribution in [3.8, 4) is 23.1 Å². The van der Waals surface area contributed by atoms with Gasteiger partial charge in [-0.15, -0.1) is 11.3 Å². The smallest absolute Gasteiger partial charge is 0.257 e. The SMILES string of the molecule is C[C@@H](NC(=O)c1c(N)ncc2cccnc12)c1cc2scc(C#Cc3cnn(C)c3)c2nc1-c1ccccc1. The monoisotopic (exact) mass is 529 g/mol. The number of nitrogens with one attached hydrogen (secondary N) is 1. The van der Waals surface area contributed by atoms with E-state index < -0.39 is 0 Å². The predicted octanol–water partition coefficient (Wildman–Crippen LogP) is 5.11. The zero-order valence-corrected chi connectivity index (χ0v) is 22.0. The van der Waals surface area contributed by atoms with Crippen LogP contribution in [0.4, 0.5) is 5.82 Å². The number of nitrogens with zero attached hydrogens (tertiary/aromatic N) is 5. The van der Waals surface area contributed by atoms with E-state index >= 15 is 0 Å². The van der Waals surface area contributed by atoms with E-state index in [0.717, 1.165) is 43.6 Å². The molecule has 0 spiro atoms. The second kappa shape index (κ2) is 10.0. The number of carbonyl (C=O) groups excluding carboxylic acids is 1. The molecule has 3 N–H and O–H groups in total. The number of aromatic nitrogens is 5. The molecule has 0 unspecified atom stereocenters. The first-order chi connectivity index (χ1) is 19.0. The fourth-order valence-corrected chi connectivity index (χ4v) is 5.35. The lowest BCUT2D eigenvalue weighted by Crippen LogP contribution is -2.28. The molecule has 0 saturated heterocycles. The van der Waals surface area contributed by atoms with Crippen molar-refractivity contribution >= 4 is 44.2 Å². The van der Waals surface area contributed by atoms with Crippen molar-refractivity contribution in [1.29, 1.82) is 0 Å². The molecule has 0 aliphatic heterocycles. The summed E-state index contributed by atoms with van der Waals surface area (Å²) in [6, 6.07) is 15.3. The summed E-state index contributed by atoms with van der Waals surface area (Å²) in [5.74, 6) is 6.22. The molecule has 0 aliphatic rings. The maximum Gasteiger partial charge on any atom is 0.257 e. The van der Waals surface area contributed by atoms with Crippen LogP contribution in [0.5, 0.6) is 0 Å². The maximum absolute atomic E-state index is 13.5. The molecule has 0 saturated carbocycles. The molecule has 190 valence electrons. The second-order valence-electron chi connectivity index (χ2n) is 9.10. The minimum absolute atomic E-state index is 0.137. The summed E-state index contributed by atoms with van der Waals surface area (Å²) in [5.41, 5.74) is 12.0. The average Bonchev–Trinajstić information content (AvgIpc) is 3.56. The summed E-state index contributed by atoms with van der Waals surface area (Å²) in [7, 11) is 1.86. The predicted molar refractivity (Wildman–Crippen MR) is 154 cm³/mol. The molecule has 0 bridgehead atoms. The number of pyridine rings is 3. The Morgan fingerprint density at radius 3 is 2.72 bits per heavy atom. The van der Waals surface area contributed by atoms with Crippen LogP contribution in [0.25, 0.3) is 32.4 Å². The van der Waals surface area contributed by atoms with E-state index in [1.165, 1.54) is 0 Å². The van der Waals surface area contributed by atoms with Gasteiger partial charge in [-0.3, -0.25) is 14.5 Å². The van der Waals surface area contributed by atoms with Gasteiger partial charge in [-0.2, -0.15) is 5.10 Å². The second-order valence-corrected chi connectivity index (χ2v) is 10.0. The number of nitrogen functional groups attached to an aromatic ring is 1. The van der Waals surface area contributed by atoms with Crippen molar-refractivity contribution in [2.45, 2.75) is 13.0 Å². The van der Waals surface area contributed by atoms with Crippen LogP contribution >= 0.6 is 11.3 Å². The lowest BCUT2D eigenvalue weighted by Gasteiger charge is -2.19. The van der Waals surface area contributed by atoms with Gasteiger partial charge >= 0.3 is 0 Å². The molecule has 0 fully saturated rings. The summed E-state index contributed by atoms with van der Waals surface area (Å²) in [5, 5.41) is 10.0. The molecule has 1 amide bonds. The van der Waals surface area contributed by atoms with E-state index in [9.17, 15) is 4.79 Å². The molecule has 6 aromatic rings. The first-order valence-electron chi connectivity index (χ1n) is 12.3. The highest BCUT2D eigenvalue weighted by molar-refractivity contribution is 7.17. The van der Waals surface area contributed by atoms with Gasteiger partial charge in [0, 0.05) is 47.5 Å². The van der Waals surface area contributed by atoms with Gasteiger partial charge in [-0.1, -0.05) is 42.2 Å². The summed E-state index contributed by atoms with van der Waals surface area (Å²) in [6.07, 6.45) is 6.87. The Balaban J connectivity index is 1.41.